The molecule has 1 aromatic heterocycles. The predicted molar refractivity (Wildman–Crippen MR) is 62.9 cm³/mol. The monoisotopic (exact) mass is 256 g/mol. The molecular weight excluding hydrogens is 240 g/mol. The molecule has 0 radical (unpaired) electrons. The van der Waals surface area contributed by atoms with E-state index in [1.807, 2.05) is 0 Å². The predicted octanol–water partition coefficient (Wildman–Crippen LogP) is 1.35. The summed E-state index contributed by atoms with van der Waals surface area (Å²) in [6, 6.07) is 1.30. The lowest BCUT2D eigenvalue weighted by Gasteiger charge is -2.19. The first-order valence-electron chi connectivity index (χ1n) is 5.33. The van der Waals surface area contributed by atoms with Crippen LogP contribution in [0.1, 0.15) is 26.5 Å². The van der Waals surface area contributed by atoms with E-state index in [4.69, 9.17) is 4.74 Å². The lowest BCUT2D eigenvalue weighted by atomic mass is 10.2. The fourth-order valence-electron chi connectivity index (χ4n) is 1.22. The van der Waals surface area contributed by atoms with Gasteiger partial charge in [-0.3, -0.25) is 0 Å². The molecule has 1 N–H and O–H groups in total. The van der Waals surface area contributed by atoms with Gasteiger partial charge in [-0.05, 0) is 25.7 Å². The Bertz CT molecular complexity index is 461. The molecule has 0 aromatic carbocycles. The van der Waals surface area contributed by atoms with Gasteiger partial charge in [-0.1, -0.05) is 0 Å². The number of rotatable bonds is 3. The van der Waals surface area contributed by atoms with Crippen molar-refractivity contribution in [3.8, 4) is 0 Å². The molecule has 0 aliphatic carbocycles. The Morgan fingerprint density at radius 2 is 2.22 bits per heavy atom. The maximum Gasteiger partial charge on any atom is 0.407 e. The second kappa shape index (κ2) is 5.03. The summed E-state index contributed by atoms with van der Waals surface area (Å²) in [6.45, 7) is 5.37. The smallest absolute Gasteiger partial charge is 0.407 e. The van der Waals surface area contributed by atoms with Crippen LogP contribution in [0.15, 0.2) is 6.07 Å². The molecule has 0 saturated carbocycles. The molecule has 0 unspecified atom stereocenters. The van der Waals surface area contributed by atoms with E-state index in [1.165, 1.54) is 10.7 Å². The van der Waals surface area contributed by atoms with E-state index in [2.05, 4.69) is 10.4 Å². The normalized spacial score (nSPS) is 11.1. The van der Waals surface area contributed by atoms with Crippen LogP contribution in [0.4, 0.5) is 10.6 Å². The second-order valence-electron chi connectivity index (χ2n) is 4.73. The van der Waals surface area contributed by atoms with E-state index < -0.39 is 16.6 Å². The highest BCUT2D eigenvalue weighted by atomic mass is 16.6. The molecule has 1 amide bonds. The number of hydrogen-bond donors (Lipinski definition) is 1. The Balaban J connectivity index is 2.59. The number of alkyl carbamates (subject to hydrolysis) is 1. The van der Waals surface area contributed by atoms with Gasteiger partial charge in [0.2, 0.25) is 0 Å². The van der Waals surface area contributed by atoms with Gasteiger partial charge in [0, 0.05) is 0 Å². The zero-order valence-corrected chi connectivity index (χ0v) is 10.8. The van der Waals surface area contributed by atoms with Crippen molar-refractivity contribution in [3.05, 3.63) is 21.9 Å². The molecule has 1 aromatic rings. The number of aromatic nitrogens is 2. The van der Waals surface area contributed by atoms with Crippen LogP contribution < -0.4 is 5.32 Å². The fraction of sp³-hybridized carbons (Fsp3) is 0.600. The van der Waals surface area contributed by atoms with Gasteiger partial charge in [0.05, 0.1) is 30.5 Å². The Kier molecular flexibility index (Phi) is 3.89. The van der Waals surface area contributed by atoms with Crippen LogP contribution in [-0.4, -0.2) is 26.4 Å². The molecule has 0 aliphatic rings. The fourth-order valence-corrected chi connectivity index (χ4v) is 1.22. The summed E-state index contributed by atoms with van der Waals surface area (Å²) < 4.78 is 6.38. The highest BCUT2D eigenvalue weighted by Gasteiger charge is 2.18. The Hall–Kier alpha value is -2.12. The highest BCUT2D eigenvalue weighted by Crippen LogP contribution is 2.11. The minimum Gasteiger partial charge on any atom is -0.444 e. The van der Waals surface area contributed by atoms with Crippen LogP contribution in [0.5, 0.6) is 0 Å². The van der Waals surface area contributed by atoms with Gasteiger partial charge in [-0.25, -0.2) is 4.79 Å². The summed E-state index contributed by atoms with van der Waals surface area (Å²) in [5.74, 6) is -0.251. The largest absolute Gasteiger partial charge is 0.444 e. The van der Waals surface area contributed by atoms with Crippen LogP contribution in [0, 0.1) is 10.1 Å². The number of carbonyl (C=O) groups excluding carboxylic acids is 1. The van der Waals surface area contributed by atoms with Gasteiger partial charge in [0.25, 0.3) is 0 Å². The molecule has 0 atom stereocenters. The number of nitrogens with one attached hydrogen (secondary N) is 1. The van der Waals surface area contributed by atoms with E-state index in [0.29, 0.717) is 5.69 Å². The third-order valence-corrected chi connectivity index (χ3v) is 1.96. The van der Waals surface area contributed by atoms with Crippen molar-refractivity contribution in [2.45, 2.75) is 32.9 Å². The van der Waals surface area contributed by atoms with Crippen LogP contribution in [-0.2, 0) is 18.3 Å². The van der Waals surface area contributed by atoms with Crippen molar-refractivity contribution in [2.75, 3.05) is 0 Å². The molecule has 1 rings (SSSR count). The molecule has 1 heterocycles. The average molecular weight is 256 g/mol. The molecule has 8 nitrogen and oxygen atoms in total. The summed E-state index contributed by atoms with van der Waals surface area (Å²) in [5.41, 5.74) is -0.0599. The van der Waals surface area contributed by atoms with Crippen LogP contribution >= 0.6 is 0 Å². The summed E-state index contributed by atoms with van der Waals surface area (Å²) in [5, 5.41) is 16.7. The first kappa shape index (κ1) is 13.9. The zero-order valence-electron chi connectivity index (χ0n) is 10.8. The van der Waals surface area contributed by atoms with Gasteiger partial charge in [-0.2, -0.15) is 4.68 Å². The highest BCUT2D eigenvalue weighted by molar-refractivity contribution is 5.67. The summed E-state index contributed by atoms with van der Waals surface area (Å²) in [7, 11) is 1.57. The average Bonchev–Trinajstić information content (AvgIpc) is 2.54. The van der Waals surface area contributed by atoms with E-state index in [-0.39, 0.29) is 12.4 Å². The minimum absolute atomic E-state index is 0.117. The van der Waals surface area contributed by atoms with Crippen molar-refractivity contribution in [3.63, 3.8) is 0 Å². The molecule has 8 heteroatoms. The number of hydrogen-bond acceptors (Lipinski definition) is 5. The quantitative estimate of drug-likeness (QED) is 0.650. The van der Waals surface area contributed by atoms with E-state index >= 15 is 0 Å². The second-order valence-corrected chi connectivity index (χ2v) is 4.73. The molecular formula is C10H16N4O4. The van der Waals surface area contributed by atoms with Crippen LogP contribution in [0.2, 0.25) is 0 Å². The van der Waals surface area contributed by atoms with Gasteiger partial charge in [0.1, 0.15) is 5.60 Å². The number of amides is 1. The standard InChI is InChI=1S/C10H16N4O4/c1-10(2,3)18-9(15)11-6-7-5-8(14(16)17)12-13(7)4/h5H,6H2,1-4H3,(H,11,15). The number of nitro groups is 1. The number of aryl methyl sites for hydroxylation is 1. The van der Waals surface area contributed by atoms with Crippen molar-refractivity contribution < 1.29 is 14.5 Å². The molecule has 18 heavy (non-hydrogen) atoms. The van der Waals surface area contributed by atoms with E-state index in [1.54, 1.807) is 27.8 Å². The number of carbonyl (C=O) groups is 1. The molecule has 0 aliphatic heterocycles. The van der Waals surface area contributed by atoms with Gasteiger partial charge in [0.15, 0.2) is 0 Å². The zero-order chi connectivity index (χ0) is 13.9. The Morgan fingerprint density at radius 1 is 1.61 bits per heavy atom. The third-order valence-electron chi connectivity index (χ3n) is 1.96. The van der Waals surface area contributed by atoms with Crippen molar-refractivity contribution in [1.29, 1.82) is 0 Å². The van der Waals surface area contributed by atoms with Gasteiger partial charge < -0.3 is 20.2 Å². The first-order chi connectivity index (χ1) is 8.19. The van der Waals surface area contributed by atoms with Gasteiger partial charge in [-0.15, -0.1) is 0 Å². The van der Waals surface area contributed by atoms with E-state index in [0.717, 1.165) is 0 Å². The molecule has 100 valence electrons. The number of nitrogens with zero attached hydrogens (tertiary/aromatic N) is 3. The third kappa shape index (κ3) is 4.04. The Morgan fingerprint density at radius 3 is 2.67 bits per heavy atom. The van der Waals surface area contributed by atoms with Crippen LogP contribution in [0.3, 0.4) is 0 Å². The summed E-state index contributed by atoms with van der Waals surface area (Å²) >= 11 is 0. The number of ether oxygens (including phenoxy) is 1. The van der Waals surface area contributed by atoms with Gasteiger partial charge >= 0.3 is 11.9 Å². The maximum atomic E-state index is 11.4. The van der Waals surface area contributed by atoms with E-state index in [9.17, 15) is 14.9 Å². The summed E-state index contributed by atoms with van der Waals surface area (Å²) in [6.07, 6.45) is -0.577. The topological polar surface area (TPSA) is 99.3 Å². The molecule has 0 fully saturated rings. The Labute approximate surface area is 104 Å². The minimum atomic E-state index is -0.586. The first-order valence-corrected chi connectivity index (χ1v) is 5.33. The van der Waals surface area contributed by atoms with Crippen molar-refractivity contribution in [1.82, 2.24) is 15.1 Å². The lowest BCUT2D eigenvalue weighted by molar-refractivity contribution is -0.389. The lowest BCUT2D eigenvalue weighted by Crippen LogP contribution is -2.32. The SMILES string of the molecule is Cn1nc([N+](=O)[O-])cc1CNC(=O)OC(C)(C)C. The van der Waals surface area contributed by atoms with Crippen molar-refractivity contribution in [2.24, 2.45) is 7.05 Å². The van der Waals surface area contributed by atoms with Crippen LogP contribution in [0.25, 0.3) is 0 Å². The molecule has 0 saturated heterocycles. The molecule has 0 bridgehead atoms. The summed E-state index contributed by atoms with van der Waals surface area (Å²) in [4.78, 5) is 21.3. The molecule has 0 spiro atoms. The van der Waals surface area contributed by atoms with Crippen molar-refractivity contribution >= 4 is 11.9 Å². The maximum absolute atomic E-state index is 11.4.